The molecule has 0 spiro atoms. The van der Waals surface area contributed by atoms with E-state index in [4.69, 9.17) is 16.7 Å². The number of aliphatic hydroxyl groups is 1. The van der Waals surface area contributed by atoms with Crippen LogP contribution in [0, 0.1) is 5.92 Å². The number of nitrogens with one attached hydrogen (secondary N) is 2. The Hall–Kier alpha value is -2.05. The minimum absolute atomic E-state index is 0.0170. The van der Waals surface area contributed by atoms with Crippen molar-refractivity contribution < 1.29 is 9.90 Å². The molecule has 1 aromatic carbocycles. The van der Waals surface area contributed by atoms with Crippen molar-refractivity contribution in [1.82, 2.24) is 15.1 Å². The second kappa shape index (κ2) is 7.29. The molecule has 0 aliphatic carbocycles. The van der Waals surface area contributed by atoms with Gasteiger partial charge in [0.05, 0.1) is 28.8 Å². The Bertz CT molecular complexity index is 644. The minimum Gasteiger partial charge on any atom is -0.396 e. The molecule has 2 unspecified atom stereocenters. The molecule has 0 fully saturated rings. The van der Waals surface area contributed by atoms with Crippen molar-refractivity contribution in [3.63, 3.8) is 0 Å². The van der Waals surface area contributed by atoms with Gasteiger partial charge in [-0.2, -0.15) is 5.10 Å². The first-order valence-electron chi connectivity index (χ1n) is 6.99. The van der Waals surface area contributed by atoms with Crippen molar-refractivity contribution in [2.75, 3.05) is 11.9 Å². The summed E-state index contributed by atoms with van der Waals surface area (Å²) in [5.41, 5.74) is 1.29. The highest BCUT2D eigenvalue weighted by molar-refractivity contribution is 6.32. The molecule has 1 aromatic heterocycles. The quantitative estimate of drug-likeness (QED) is 0.791. The van der Waals surface area contributed by atoms with Gasteiger partial charge >= 0.3 is 6.03 Å². The highest BCUT2D eigenvalue weighted by atomic mass is 35.5. The third-order valence-electron chi connectivity index (χ3n) is 3.44. The Balaban J connectivity index is 2.01. The fourth-order valence-electron chi connectivity index (χ4n) is 1.83. The summed E-state index contributed by atoms with van der Waals surface area (Å²) >= 11 is 6.11. The van der Waals surface area contributed by atoms with E-state index >= 15 is 0 Å². The van der Waals surface area contributed by atoms with Crippen LogP contribution in [0.2, 0.25) is 5.02 Å². The van der Waals surface area contributed by atoms with Crippen molar-refractivity contribution in [2.45, 2.75) is 19.9 Å². The number of para-hydroxylation sites is 1. The number of benzene rings is 1. The van der Waals surface area contributed by atoms with E-state index in [1.54, 1.807) is 23.1 Å². The number of carbonyl (C=O) groups is 1. The average Bonchev–Trinajstić information content (AvgIpc) is 2.94. The number of urea groups is 1. The highest BCUT2D eigenvalue weighted by Gasteiger charge is 2.14. The number of hydrogen-bond donors (Lipinski definition) is 3. The molecule has 2 aromatic rings. The van der Waals surface area contributed by atoms with E-state index in [1.165, 1.54) is 0 Å². The van der Waals surface area contributed by atoms with Crippen LogP contribution in [0.1, 0.15) is 13.8 Å². The lowest BCUT2D eigenvalue weighted by Gasteiger charge is -2.19. The first-order chi connectivity index (χ1) is 10.5. The van der Waals surface area contributed by atoms with Crippen LogP contribution in [0.3, 0.4) is 0 Å². The van der Waals surface area contributed by atoms with Gasteiger partial charge in [-0.25, -0.2) is 9.48 Å². The molecule has 0 saturated heterocycles. The number of halogens is 1. The lowest BCUT2D eigenvalue weighted by Crippen LogP contribution is -2.40. The molecule has 2 rings (SSSR count). The van der Waals surface area contributed by atoms with Crippen molar-refractivity contribution in [2.24, 2.45) is 5.92 Å². The van der Waals surface area contributed by atoms with Gasteiger partial charge in [0.1, 0.15) is 0 Å². The lowest BCUT2D eigenvalue weighted by molar-refractivity contribution is 0.204. The van der Waals surface area contributed by atoms with Crippen LogP contribution >= 0.6 is 11.6 Å². The first kappa shape index (κ1) is 16.3. The standard InChI is InChI=1S/C15H19ClN4O2/c1-10(9-21)11(2)18-15(22)19-12-7-17-20(8-12)14-6-4-3-5-13(14)16/h3-8,10-11,21H,9H2,1-2H3,(H2,18,19,22). The second-order valence-corrected chi connectivity index (χ2v) is 5.58. The average molecular weight is 323 g/mol. The van der Waals surface area contributed by atoms with Crippen LogP contribution < -0.4 is 10.6 Å². The van der Waals surface area contributed by atoms with E-state index in [2.05, 4.69) is 15.7 Å². The molecule has 0 radical (unpaired) electrons. The molecule has 0 aliphatic rings. The summed E-state index contributed by atoms with van der Waals surface area (Å²) in [6.07, 6.45) is 3.23. The van der Waals surface area contributed by atoms with Gasteiger partial charge in [0, 0.05) is 12.6 Å². The first-order valence-corrected chi connectivity index (χ1v) is 7.37. The minimum atomic E-state index is -0.341. The van der Waals surface area contributed by atoms with Crippen LogP contribution in [-0.2, 0) is 0 Å². The summed E-state index contributed by atoms with van der Waals surface area (Å²) in [7, 11) is 0. The molecule has 6 nitrogen and oxygen atoms in total. The fourth-order valence-corrected chi connectivity index (χ4v) is 2.05. The molecule has 1 heterocycles. The molecule has 7 heteroatoms. The monoisotopic (exact) mass is 322 g/mol. The van der Waals surface area contributed by atoms with Gasteiger partial charge in [0.15, 0.2) is 0 Å². The molecular formula is C15H19ClN4O2. The van der Waals surface area contributed by atoms with Crippen LogP contribution in [0.4, 0.5) is 10.5 Å². The fraction of sp³-hybridized carbons (Fsp3) is 0.333. The highest BCUT2D eigenvalue weighted by Crippen LogP contribution is 2.20. The summed E-state index contributed by atoms with van der Waals surface area (Å²) in [6.45, 7) is 3.72. The van der Waals surface area contributed by atoms with E-state index in [-0.39, 0.29) is 24.6 Å². The van der Waals surface area contributed by atoms with E-state index in [0.717, 1.165) is 5.69 Å². The van der Waals surface area contributed by atoms with Crippen molar-refractivity contribution >= 4 is 23.3 Å². The maximum absolute atomic E-state index is 11.9. The molecular weight excluding hydrogens is 304 g/mol. The predicted molar refractivity (Wildman–Crippen MR) is 86.4 cm³/mol. The number of nitrogens with zero attached hydrogens (tertiary/aromatic N) is 2. The van der Waals surface area contributed by atoms with Gasteiger partial charge in [-0.05, 0) is 25.0 Å². The second-order valence-electron chi connectivity index (χ2n) is 5.17. The summed E-state index contributed by atoms with van der Waals surface area (Å²) < 4.78 is 1.59. The van der Waals surface area contributed by atoms with Crippen molar-refractivity contribution in [3.8, 4) is 5.69 Å². The van der Waals surface area contributed by atoms with Gasteiger partial charge in [0.2, 0.25) is 0 Å². The number of rotatable bonds is 5. The van der Waals surface area contributed by atoms with Crippen LogP contribution in [0.5, 0.6) is 0 Å². The topological polar surface area (TPSA) is 79.2 Å². The smallest absolute Gasteiger partial charge is 0.319 e. The van der Waals surface area contributed by atoms with Gasteiger partial charge in [-0.15, -0.1) is 0 Å². The third kappa shape index (κ3) is 3.99. The molecule has 22 heavy (non-hydrogen) atoms. The van der Waals surface area contributed by atoms with Crippen molar-refractivity contribution in [3.05, 3.63) is 41.7 Å². The van der Waals surface area contributed by atoms with E-state index in [1.807, 2.05) is 32.0 Å². The zero-order valence-corrected chi connectivity index (χ0v) is 13.2. The molecule has 3 N–H and O–H groups in total. The Morgan fingerprint density at radius 1 is 1.41 bits per heavy atom. The van der Waals surface area contributed by atoms with Crippen LogP contribution in [0.25, 0.3) is 5.69 Å². The largest absolute Gasteiger partial charge is 0.396 e. The summed E-state index contributed by atoms with van der Waals surface area (Å²) in [6, 6.07) is 6.84. The number of carbonyl (C=O) groups excluding carboxylic acids is 1. The van der Waals surface area contributed by atoms with Gasteiger partial charge in [0.25, 0.3) is 0 Å². The maximum Gasteiger partial charge on any atom is 0.319 e. The molecule has 0 saturated carbocycles. The van der Waals surface area contributed by atoms with Crippen molar-refractivity contribution in [1.29, 1.82) is 0 Å². The van der Waals surface area contributed by atoms with Gasteiger partial charge in [-0.3, -0.25) is 0 Å². The Morgan fingerprint density at radius 3 is 2.82 bits per heavy atom. The molecule has 0 bridgehead atoms. The lowest BCUT2D eigenvalue weighted by atomic mass is 10.1. The number of amides is 2. The van der Waals surface area contributed by atoms with Gasteiger partial charge < -0.3 is 15.7 Å². The summed E-state index contributed by atoms with van der Waals surface area (Å²) in [5.74, 6) is -0.0170. The summed E-state index contributed by atoms with van der Waals surface area (Å²) in [5, 5.41) is 19.3. The zero-order valence-electron chi connectivity index (χ0n) is 12.5. The Kier molecular flexibility index (Phi) is 5.41. The number of aliphatic hydroxyl groups excluding tert-OH is 1. The van der Waals surface area contributed by atoms with E-state index in [0.29, 0.717) is 10.7 Å². The maximum atomic E-state index is 11.9. The number of hydrogen-bond acceptors (Lipinski definition) is 3. The zero-order chi connectivity index (χ0) is 16.1. The third-order valence-corrected chi connectivity index (χ3v) is 3.76. The molecule has 2 atom stereocenters. The molecule has 0 aliphatic heterocycles. The van der Waals surface area contributed by atoms with E-state index in [9.17, 15) is 4.79 Å². The van der Waals surface area contributed by atoms with Gasteiger partial charge in [-0.1, -0.05) is 30.7 Å². The summed E-state index contributed by atoms with van der Waals surface area (Å²) in [4.78, 5) is 11.9. The predicted octanol–water partition coefficient (Wildman–Crippen LogP) is 2.66. The number of aromatic nitrogens is 2. The number of anilines is 1. The molecule has 118 valence electrons. The molecule has 2 amide bonds. The SMILES string of the molecule is CC(CO)C(C)NC(=O)Nc1cnn(-c2ccccc2Cl)c1. The normalized spacial score (nSPS) is 13.5. The van der Waals surface area contributed by atoms with Crippen LogP contribution in [0.15, 0.2) is 36.7 Å². The van der Waals surface area contributed by atoms with Crippen LogP contribution in [-0.4, -0.2) is 33.6 Å². The Labute approximate surface area is 134 Å². The Morgan fingerprint density at radius 2 is 2.14 bits per heavy atom. The van der Waals surface area contributed by atoms with E-state index < -0.39 is 0 Å².